The molecule has 0 amide bonds. The summed E-state index contributed by atoms with van der Waals surface area (Å²) in [5.74, 6) is -0.535. The lowest BCUT2D eigenvalue weighted by Crippen LogP contribution is -2.60. The fourth-order valence-electron chi connectivity index (χ4n) is 4.71. The SMILES string of the molecule is CC1SC(C2CCCCC2)C1N(c1ccc(C(=O)O)cc1)S(=O)(=O)c1ccc(Cl)cc1. The molecular formula is C23H26ClNO4S2. The van der Waals surface area contributed by atoms with E-state index in [0.717, 1.165) is 12.8 Å². The molecule has 1 N–H and O–H groups in total. The molecule has 8 heteroatoms. The van der Waals surface area contributed by atoms with Crippen LogP contribution >= 0.6 is 23.4 Å². The molecule has 0 bridgehead atoms. The first-order valence-corrected chi connectivity index (χ1v) is 13.3. The molecule has 1 saturated carbocycles. The highest BCUT2D eigenvalue weighted by Crippen LogP contribution is 2.50. The normalized spacial score (nSPS) is 24.4. The Kier molecular flexibility index (Phi) is 6.56. The molecule has 2 fully saturated rings. The maximum atomic E-state index is 13.8. The molecule has 1 aliphatic carbocycles. The minimum Gasteiger partial charge on any atom is -0.478 e. The van der Waals surface area contributed by atoms with E-state index in [2.05, 4.69) is 6.92 Å². The Morgan fingerprint density at radius 1 is 1.03 bits per heavy atom. The number of hydrogen-bond donors (Lipinski definition) is 1. The number of benzene rings is 2. The number of hydrogen-bond acceptors (Lipinski definition) is 4. The standard InChI is InChI=1S/C23H26ClNO4S2/c1-15-21(22(30-15)16-5-3-2-4-6-16)25(19-11-7-17(8-12-19)23(26)27)31(28,29)20-13-9-18(24)10-14-20/h7-16,21-22H,2-6H2,1H3,(H,26,27). The number of rotatable bonds is 6. The number of carboxylic acids is 1. The molecule has 2 aliphatic rings. The van der Waals surface area contributed by atoms with E-state index in [1.54, 1.807) is 24.3 Å². The Morgan fingerprint density at radius 2 is 1.65 bits per heavy atom. The number of thioether (sulfide) groups is 1. The highest BCUT2D eigenvalue weighted by atomic mass is 35.5. The van der Waals surface area contributed by atoms with Crippen LogP contribution in [0.25, 0.3) is 0 Å². The van der Waals surface area contributed by atoms with Crippen LogP contribution in [0.2, 0.25) is 5.02 Å². The van der Waals surface area contributed by atoms with Crippen molar-refractivity contribution in [2.24, 2.45) is 5.92 Å². The van der Waals surface area contributed by atoms with Gasteiger partial charge in [0.25, 0.3) is 10.0 Å². The fraction of sp³-hybridized carbons (Fsp3) is 0.435. The number of carbonyl (C=O) groups is 1. The predicted molar refractivity (Wildman–Crippen MR) is 126 cm³/mol. The van der Waals surface area contributed by atoms with Crippen LogP contribution in [0.4, 0.5) is 5.69 Å². The topological polar surface area (TPSA) is 74.7 Å². The lowest BCUT2D eigenvalue weighted by atomic mass is 9.83. The Bertz CT molecular complexity index is 1030. The minimum atomic E-state index is -3.85. The fourth-order valence-corrected chi connectivity index (χ4v) is 8.41. The van der Waals surface area contributed by atoms with E-state index in [-0.39, 0.29) is 27.0 Å². The average molecular weight is 480 g/mol. The Morgan fingerprint density at radius 3 is 2.19 bits per heavy atom. The lowest BCUT2D eigenvalue weighted by molar-refractivity contribution is 0.0697. The molecule has 0 aromatic heterocycles. The van der Waals surface area contributed by atoms with Crippen LogP contribution in [0.5, 0.6) is 0 Å². The summed E-state index contributed by atoms with van der Waals surface area (Å²) in [7, 11) is -3.85. The largest absolute Gasteiger partial charge is 0.478 e. The van der Waals surface area contributed by atoms with Crippen molar-refractivity contribution in [3.63, 3.8) is 0 Å². The van der Waals surface area contributed by atoms with Crippen LogP contribution in [-0.2, 0) is 10.0 Å². The number of sulfonamides is 1. The molecule has 1 saturated heterocycles. The first kappa shape index (κ1) is 22.5. The van der Waals surface area contributed by atoms with E-state index >= 15 is 0 Å². The van der Waals surface area contributed by atoms with Crippen molar-refractivity contribution >= 4 is 45.0 Å². The first-order valence-electron chi connectivity index (χ1n) is 10.6. The molecule has 166 valence electrons. The molecule has 2 aromatic carbocycles. The van der Waals surface area contributed by atoms with Crippen LogP contribution in [0.15, 0.2) is 53.4 Å². The van der Waals surface area contributed by atoms with Crippen molar-refractivity contribution in [2.75, 3.05) is 4.31 Å². The average Bonchev–Trinajstić information content (AvgIpc) is 2.76. The van der Waals surface area contributed by atoms with Crippen LogP contribution in [0.1, 0.15) is 49.4 Å². The summed E-state index contributed by atoms with van der Waals surface area (Å²) in [5.41, 5.74) is 0.630. The molecule has 1 heterocycles. The van der Waals surface area contributed by atoms with E-state index in [1.807, 2.05) is 11.8 Å². The number of anilines is 1. The van der Waals surface area contributed by atoms with Gasteiger partial charge < -0.3 is 5.11 Å². The van der Waals surface area contributed by atoms with Gasteiger partial charge in [-0.15, -0.1) is 0 Å². The summed E-state index contributed by atoms with van der Waals surface area (Å²) in [6.45, 7) is 2.07. The molecule has 0 spiro atoms. The van der Waals surface area contributed by atoms with Gasteiger partial charge in [0.1, 0.15) is 0 Å². The molecule has 0 radical (unpaired) electrons. The molecule has 1 aliphatic heterocycles. The summed E-state index contributed by atoms with van der Waals surface area (Å²) >= 11 is 7.85. The zero-order chi connectivity index (χ0) is 22.2. The maximum Gasteiger partial charge on any atom is 0.335 e. The van der Waals surface area contributed by atoms with Gasteiger partial charge in [0.2, 0.25) is 0 Å². The smallest absolute Gasteiger partial charge is 0.335 e. The van der Waals surface area contributed by atoms with E-state index in [9.17, 15) is 18.3 Å². The summed E-state index contributed by atoms with van der Waals surface area (Å²) < 4.78 is 29.2. The molecule has 5 nitrogen and oxygen atoms in total. The van der Waals surface area contributed by atoms with Gasteiger partial charge in [0.05, 0.1) is 22.2 Å². The zero-order valence-electron chi connectivity index (χ0n) is 17.3. The second-order valence-corrected chi connectivity index (χ2v) is 12.1. The van der Waals surface area contributed by atoms with Crippen LogP contribution < -0.4 is 4.31 Å². The second kappa shape index (κ2) is 9.04. The van der Waals surface area contributed by atoms with Gasteiger partial charge in [-0.3, -0.25) is 4.31 Å². The summed E-state index contributed by atoms with van der Waals surface area (Å²) in [4.78, 5) is 11.5. The summed E-state index contributed by atoms with van der Waals surface area (Å²) in [5, 5.41) is 10.1. The zero-order valence-corrected chi connectivity index (χ0v) is 19.7. The highest BCUT2D eigenvalue weighted by Gasteiger charge is 2.50. The van der Waals surface area contributed by atoms with Crippen molar-refractivity contribution in [1.82, 2.24) is 0 Å². The molecular weight excluding hydrogens is 454 g/mol. The van der Waals surface area contributed by atoms with Gasteiger partial charge in [-0.1, -0.05) is 37.8 Å². The third-order valence-corrected chi connectivity index (χ3v) is 10.1. The molecule has 3 atom stereocenters. The van der Waals surface area contributed by atoms with E-state index in [4.69, 9.17) is 11.6 Å². The Balaban J connectivity index is 1.76. The first-order chi connectivity index (χ1) is 14.8. The third-order valence-electron chi connectivity index (χ3n) is 6.31. The number of nitrogens with zero attached hydrogens (tertiary/aromatic N) is 1. The van der Waals surface area contributed by atoms with Gasteiger partial charge in [-0.05, 0) is 67.3 Å². The molecule has 4 rings (SSSR count). The molecule has 2 aromatic rings. The predicted octanol–water partition coefficient (Wildman–Crippen LogP) is 5.69. The summed E-state index contributed by atoms with van der Waals surface area (Å²) in [6, 6.07) is 12.2. The Labute approximate surface area is 192 Å². The van der Waals surface area contributed by atoms with E-state index in [1.165, 1.54) is 47.8 Å². The summed E-state index contributed by atoms with van der Waals surface area (Å²) in [6.07, 6.45) is 5.90. The number of aromatic carboxylic acids is 1. The van der Waals surface area contributed by atoms with Gasteiger partial charge in [0, 0.05) is 15.5 Å². The Hall–Kier alpha value is -1.70. The van der Waals surface area contributed by atoms with Crippen LogP contribution in [0.3, 0.4) is 0 Å². The van der Waals surface area contributed by atoms with Crippen LogP contribution in [0, 0.1) is 5.92 Å². The number of carboxylic acid groups (broad SMARTS) is 1. The van der Waals surface area contributed by atoms with Gasteiger partial charge in [0.15, 0.2) is 0 Å². The second-order valence-electron chi connectivity index (χ2n) is 8.30. The van der Waals surface area contributed by atoms with Crippen molar-refractivity contribution in [3.8, 4) is 0 Å². The van der Waals surface area contributed by atoms with Crippen LogP contribution in [-0.4, -0.2) is 36.0 Å². The van der Waals surface area contributed by atoms with Gasteiger partial charge in [-0.2, -0.15) is 11.8 Å². The van der Waals surface area contributed by atoms with Crippen molar-refractivity contribution < 1.29 is 18.3 Å². The maximum absolute atomic E-state index is 13.8. The van der Waals surface area contributed by atoms with Crippen molar-refractivity contribution in [2.45, 2.75) is 60.5 Å². The number of halogens is 1. The highest BCUT2D eigenvalue weighted by molar-refractivity contribution is 8.02. The quantitative estimate of drug-likeness (QED) is 0.576. The van der Waals surface area contributed by atoms with Crippen molar-refractivity contribution in [1.29, 1.82) is 0 Å². The van der Waals surface area contributed by atoms with E-state index < -0.39 is 16.0 Å². The van der Waals surface area contributed by atoms with E-state index in [0.29, 0.717) is 16.6 Å². The lowest BCUT2D eigenvalue weighted by Gasteiger charge is -2.52. The van der Waals surface area contributed by atoms with Gasteiger partial charge in [-0.25, -0.2) is 13.2 Å². The molecule has 3 unspecified atom stereocenters. The monoisotopic (exact) mass is 479 g/mol. The molecule has 31 heavy (non-hydrogen) atoms. The third kappa shape index (κ3) is 4.45. The van der Waals surface area contributed by atoms with Gasteiger partial charge >= 0.3 is 5.97 Å². The van der Waals surface area contributed by atoms with Crippen molar-refractivity contribution in [3.05, 3.63) is 59.1 Å². The minimum absolute atomic E-state index is 0.132.